The average Bonchev–Trinajstić information content (AvgIpc) is 2.48. The maximum atomic E-state index is 10.1. The van der Waals surface area contributed by atoms with Crippen LogP contribution in [0, 0.1) is 0 Å². The molecule has 0 amide bonds. The maximum absolute atomic E-state index is 10.1. The van der Waals surface area contributed by atoms with Gasteiger partial charge in [0.1, 0.15) is 0 Å². The summed E-state index contributed by atoms with van der Waals surface area (Å²) in [6, 6.07) is 18.4. The Kier molecular flexibility index (Phi) is 5.13. The van der Waals surface area contributed by atoms with Crippen molar-refractivity contribution < 1.29 is 5.11 Å². The lowest BCUT2D eigenvalue weighted by Crippen LogP contribution is -2.21. The number of rotatable bonds is 6. The Morgan fingerprint density at radius 1 is 0.947 bits per heavy atom. The van der Waals surface area contributed by atoms with Gasteiger partial charge in [-0.2, -0.15) is 0 Å². The molecule has 19 heavy (non-hydrogen) atoms. The molecule has 2 rings (SSSR count). The van der Waals surface area contributed by atoms with Crippen LogP contribution >= 0.6 is 0 Å². The molecule has 0 spiro atoms. The summed E-state index contributed by atoms with van der Waals surface area (Å²) in [5, 5.41) is 13.4. The summed E-state index contributed by atoms with van der Waals surface area (Å²) >= 11 is 0. The minimum Gasteiger partial charge on any atom is -0.387 e. The Morgan fingerprint density at radius 3 is 2.26 bits per heavy atom. The molecule has 0 saturated carbocycles. The molecule has 2 aromatic carbocycles. The van der Waals surface area contributed by atoms with Crippen molar-refractivity contribution >= 4 is 0 Å². The van der Waals surface area contributed by atoms with Crippen LogP contribution in [0.2, 0.25) is 0 Å². The highest BCUT2D eigenvalue weighted by Crippen LogP contribution is 2.13. The van der Waals surface area contributed by atoms with Crippen LogP contribution in [0.5, 0.6) is 0 Å². The molecule has 0 bridgehead atoms. The minimum atomic E-state index is -0.449. The largest absolute Gasteiger partial charge is 0.387 e. The van der Waals surface area contributed by atoms with Gasteiger partial charge in [0.05, 0.1) is 6.10 Å². The molecule has 2 heteroatoms. The summed E-state index contributed by atoms with van der Waals surface area (Å²) < 4.78 is 0. The standard InChI is InChI=1S/C17H21NO/c1-2-14-8-10-16(11-9-14)17(19)13-18-12-15-6-4-3-5-7-15/h3-11,17-19H,2,12-13H2,1H3/t17-/m1/s1. The third-order valence-corrected chi connectivity index (χ3v) is 3.28. The number of aliphatic hydroxyl groups excluding tert-OH is 1. The molecule has 0 aliphatic carbocycles. The number of benzene rings is 2. The molecular formula is C17H21NO. The summed E-state index contributed by atoms with van der Waals surface area (Å²) in [7, 11) is 0. The van der Waals surface area contributed by atoms with Gasteiger partial charge in [0, 0.05) is 13.1 Å². The third kappa shape index (κ3) is 4.19. The molecule has 0 aromatic heterocycles. The van der Waals surface area contributed by atoms with Crippen LogP contribution in [-0.4, -0.2) is 11.7 Å². The van der Waals surface area contributed by atoms with Crippen LogP contribution in [0.25, 0.3) is 0 Å². The smallest absolute Gasteiger partial charge is 0.0914 e. The van der Waals surface area contributed by atoms with Crippen LogP contribution < -0.4 is 5.32 Å². The second kappa shape index (κ2) is 7.07. The fourth-order valence-electron chi connectivity index (χ4n) is 2.04. The van der Waals surface area contributed by atoms with Gasteiger partial charge in [-0.3, -0.25) is 0 Å². The van der Waals surface area contributed by atoms with E-state index in [1.54, 1.807) is 0 Å². The predicted molar refractivity (Wildman–Crippen MR) is 78.9 cm³/mol. The van der Waals surface area contributed by atoms with Crippen molar-refractivity contribution in [3.63, 3.8) is 0 Å². The first-order valence-electron chi connectivity index (χ1n) is 6.81. The topological polar surface area (TPSA) is 32.3 Å². The molecular weight excluding hydrogens is 234 g/mol. The highest BCUT2D eigenvalue weighted by atomic mass is 16.3. The van der Waals surface area contributed by atoms with E-state index < -0.39 is 6.10 Å². The quantitative estimate of drug-likeness (QED) is 0.831. The van der Waals surface area contributed by atoms with Crippen molar-refractivity contribution in [1.29, 1.82) is 0 Å². The van der Waals surface area contributed by atoms with Crippen molar-refractivity contribution in [2.45, 2.75) is 26.0 Å². The van der Waals surface area contributed by atoms with Crippen LogP contribution in [0.4, 0.5) is 0 Å². The van der Waals surface area contributed by atoms with E-state index in [9.17, 15) is 5.11 Å². The molecule has 0 aliphatic heterocycles. The van der Waals surface area contributed by atoms with E-state index in [1.165, 1.54) is 11.1 Å². The molecule has 2 aromatic rings. The van der Waals surface area contributed by atoms with Crippen molar-refractivity contribution in [2.75, 3.05) is 6.54 Å². The number of nitrogens with one attached hydrogen (secondary N) is 1. The van der Waals surface area contributed by atoms with Crippen LogP contribution in [0.15, 0.2) is 54.6 Å². The summed E-state index contributed by atoms with van der Waals surface area (Å²) in [4.78, 5) is 0. The summed E-state index contributed by atoms with van der Waals surface area (Å²) in [6.07, 6.45) is 0.581. The Labute approximate surface area is 115 Å². The number of hydrogen-bond acceptors (Lipinski definition) is 2. The van der Waals surface area contributed by atoms with Gasteiger partial charge < -0.3 is 10.4 Å². The van der Waals surface area contributed by atoms with Crippen molar-refractivity contribution in [1.82, 2.24) is 5.32 Å². The lowest BCUT2D eigenvalue weighted by Gasteiger charge is -2.12. The van der Waals surface area contributed by atoms with Crippen LogP contribution in [-0.2, 0) is 13.0 Å². The van der Waals surface area contributed by atoms with Gasteiger partial charge in [0.15, 0.2) is 0 Å². The normalized spacial score (nSPS) is 12.3. The number of aryl methyl sites for hydroxylation is 1. The van der Waals surface area contributed by atoms with E-state index in [4.69, 9.17) is 0 Å². The number of aliphatic hydroxyl groups is 1. The van der Waals surface area contributed by atoms with Gasteiger partial charge in [-0.1, -0.05) is 61.5 Å². The molecule has 0 fully saturated rings. The lowest BCUT2D eigenvalue weighted by atomic mass is 10.1. The third-order valence-electron chi connectivity index (χ3n) is 3.28. The van der Waals surface area contributed by atoms with E-state index in [0.29, 0.717) is 6.54 Å². The summed E-state index contributed by atoms with van der Waals surface area (Å²) in [6.45, 7) is 3.48. The summed E-state index contributed by atoms with van der Waals surface area (Å²) in [5.74, 6) is 0. The molecule has 0 saturated heterocycles. The van der Waals surface area contributed by atoms with E-state index in [1.807, 2.05) is 30.3 Å². The molecule has 0 radical (unpaired) electrons. The second-order valence-corrected chi connectivity index (χ2v) is 4.73. The molecule has 2 nitrogen and oxygen atoms in total. The Bertz CT molecular complexity index is 478. The van der Waals surface area contributed by atoms with Crippen LogP contribution in [0.3, 0.4) is 0 Å². The van der Waals surface area contributed by atoms with Crippen molar-refractivity contribution in [3.8, 4) is 0 Å². The van der Waals surface area contributed by atoms with Crippen molar-refractivity contribution in [3.05, 3.63) is 71.3 Å². The fraction of sp³-hybridized carbons (Fsp3) is 0.294. The molecule has 0 unspecified atom stereocenters. The first kappa shape index (κ1) is 13.8. The van der Waals surface area contributed by atoms with E-state index in [-0.39, 0.29) is 0 Å². The van der Waals surface area contributed by atoms with Gasteiger partial charge in [0.25, 0.3) is 0 Å². The van der Waals surface area contributed by atoms with E-state index in [0.717, 1.165) is 18.5 Å². The van der Waals surface area contributed by atoms with Gasteiger partial charge in [-0.15, -0.1) is 0 Å². The zero-order valence-corrected chi connectivity index (χ0v) is 11.3. The van der Waals surface area contributed by atoms with Gasteiger partial charge in [0.2, 0.25) is 0 Å². The van der Waals surface area contributed by atoms with Crippen LogP contribution in [0.1, 0.15) is 29.7 Å². The van der Waals surface area contributed by atoms with Gasteiger partial charge >= 0.3 is 0 Å². The van der Waals surface area contributed by atoms with E-state index >= 15 is 0 Å². The zero-order chi connectivity index (χ0) is 13.5. The van der Waals surface area contributed by atoms with Gasteiger partial charge in [-0.05, 0) is 23.1 Å². The predicted octanol–water partition coefficient (Wildman–Crippen LogP) is 3.07. The molecule has 1 atom stereocenters. The second-order valence-electron chi connectivity index (χ2n) is 4.73. The zero-order valence-electron chi connectivity index (χ0n) is 11.3. The fourth-order valence-corrected chi connectivity index (χ4v) is 2.04. The molecule has 0 aliphatic rings. The molecule has 2 N–H and O–H groups in total. The highest BCUT2D eigenvalue weighted by molar-refractivity contribution is 5.24. The average molecular weight is 255 g/mol. The summed E-state index contributed by atoms with van der Waals surface area (Å²) in [5.41, 5.74) is 3.50. The van der Waals surface area contributed by atoms with E-state index in [2.05, 4.69) is 36.5 Å². The van der Waals surface area contributed by atoms with Crippen molar-refractivity contribution in [2.24, 2.45) is 0 Å². The first-order chi connectivity index (χ1) is 9.29. The monoisotopic (exact) mass is 255 g/mol. The molecule has 0 heterocycles. The minimum absolute atomic E-state index is 0.449. The SMILES string of the molecule is CCc1ccc([C@H](O)CNCc2ccccc2)cc1. The first-order valence-corrected chi connectivity index (χ1v) is 6.81. The highest BCUT2D eigenvalue weighted by Gasteiger charge is 2.06. The van der Waals surface area contributed by atoms with Gasteiger partial charge in [-0.25, -0.2) is 0 Å². The lowest BCUT2D eigenvalue weighted by molar-refractivity contribution is 0.174. The number of hydrogen-bond donors (Lipinski definition) is 2. The molecule has 100 valence electrons. The maximum Gasteiger partial charge on any atom is 0.0914 e. The Hall–Kier alpha value is -1.64. The Morgan fingerprint density at radius 2 is 1.63 bits per heavy atom. The Balaban J connectivity index is 1.82.